The minimum absolute atomic E-state index is 0.0391. The van der Waals surface area contributed by atoms with Gasteiger partial charge in [0.2, 0.25) is 0 Å². The Kier molecular flexibility index (Phi) is 4.63. The van der Waals surface area contributed by atoms with E-state index in [0.717, 1.165) is 11.3 Å². The lowest BCUT2D eigenvalue weighted by atomic mass is 10.0. The number of hydrogen-bond donors (Lipinski definition) is 2. The number of ether oxygens (including phenoxy) is 1. The zero-order valence-corrected chi connectivity index (χ0v) is 13.9. The fourth-order valence-electron chi connectivity index (χ4n) is 2.62. The maximum Gasteiger partial charge on any atom is 0.142 e. The summed E-state index contributed by atoms with van der Waals surface area (Å²) in [6.45, 7) is 2.48. The number of phenolic OH excluding ortho intramolecular Hbond substituents is 2. The van der Waals surface area contributed by atoms with Crippen LogP contribution in [-0.4, -0.2) is 16.8 Å². The molecule has 0 amide bonds. The first-order chi connectivity index (χ1) is 11.6. The molecule has 3 aromatic rings. The first kappa shape index (κ1) is 16.2. The Balaban J connectivity index is 2.11. The molecule has 4 heteroatoms. The van der Waals surface area contributed by atoms with Crippen molar-refractivity contribution < 1.29 is 14.9 Å². The molecule has 0 heterocycles. The van der Waals surface area contributed by atoms with Crippen molar-refractivity contribution in [2.24, 2.45) is 0 Å². The van der Waals surface area contributed by atoms with Crippen molar-refractivity contribution in [2.45, 2.75) is 6.92 Å². The third-order valence-electron chi connectivity index (χ3n) is 3.79. The molecule has 0 saturated heterocycles. The fraction of sp³-hybridized carbons (Fsp3) is 0.100. The van der Waals surface area contributed by atoms with Crippen molar-refractivity contribution in [3.8, 4) is 17.2 Å². The van der Waals surface area contributed by atoms with Gasteiger partial charge < -0.3 is 14.9 Å². The van der Waals surface area contributed by atoms with E-state index in [1.54, 1.807) is 36.4 Å². The standard InChI is InChI=1S/C20H17ClO3/c1-2-24-17-10-6-3-7-13(17)11-12-16-18(21)20(23)15-9-5-4-8-14(15)19(16)22/h3-12,22-23H,2H2,1H3/b12-11-. The number of halogens is 1. The first-order valence-corrected chi connectivity index (χ1v) is 8.03. The smallest absolute Gasteiger partial charge is 0.142 e. The number of aromatic hydroxyl groups is 2. The number of benzene rings is 3. The molecule has 0 bridgehead atoms. The van der Waals surface area contributed by atoms with E-state index in [4.69, 9.17) is 16.3 Å². The molecule has 3 rings (SSSR count). The average Bonchev–Trinajstić information content (AvgIpc) is 2.61. The summed E-state index contributed by atoms with van der Waals surface area (Å²) in [5, 5.41) is 22.0. The molecule has 2 N–H and O–H groups in total. The maximum atomic E-state index is 10.5. The molecular formula is C20H17ClO3. The Hall–Kier alpha value is -2.65. The van der Waals surface area contributed by atoms with Crippen LogP contribution in [0.15, 0.2) is 48.5 Å². The highest BCUT2D eigenvalue weighted by Crippen LogP contribution is 2.43. The Morgan fingerprint density at radius 1 is 0.917 bits per heavy atom. The first-order valence-electron chi connectivity index (χ1n) is 7.65. The lowest BCUT2D eigenvalue weighted by Gasteiger charge is -2.11. The SMILES string of the molecule is CCOc1ccccc1/C=C\c1c(Cl)c(O)c2ccccc2c1O. The van der Waals surface area contributed by atoms with Crippen LogP contribution < -0.4 is 4.74 Å². The molecule has 3 nitrogen and oxygen atoms in total. The lowest BCUT2D eigenvalue weighted by Crippen LogP contribution is -1.93. The van der Waals surface area contributed by atoms with Crippen LogP contribution in [0.4, 0.5) is 0 Å². The van der Waals surface area contributed by atoms with E-state index in [9.17, 15) is 10.2 Å². The van der Waals surface area contributed by atoms with Crippen LogP contribution in [0.1, 0.15) is 18.1 Å². The van der Waals surface area contributed by atoms with Gasteiger partial charge in [0.1, 0.15) is 17.2 Å². The summed E-state index contributed by atoms with van der Waals surface area (Å²) in [6, 6.07) is 14.6. The van der Waals surface area contributed by atoms with Gasteiger partial charge in [-0.3, -0.25) is 0 Å². The quantitative estimate of drug-likeness (QED) is 0.489. The molecule has 122 valence electrons. The summed E-state index contributed by atoms with van der Waals surface area (Å²) in [5.74, 6) is 0.748. The van der Waals surface area contributed by atoms with Gasteiger partial charge in [-0.15, -0.1) is 0 Å². The molecule has 24 heavy (non-hydrogen) atoms. The highest BCUT2D eigenvalue weighted by molar-refractivity contribution is 6.35. The van der Waals surface area contributed by atoms with Crippen molar-refractivity contribution in [3.63, 3.8) is 0 Å². The molecule has 0 fully saturated rings. The van der Waals surface area contributed by atoms with Gasteiger partial charge in [0.25, 0.3) is 0 Å². The number of hydrogen-bond acceptors (Lipinski definition) is 3. The number of para-hydroxylation sites is 1. The predicted molar refractivity (Wildman–Crippen MR) is 98.8 cm³/mol. The van der Waals surface area contributed by atoms with E-state index in [2.05, 4.69) is 0 Å². The number of rotatable bonds is 4. The normalized spacial score (nSPS) is 11.2. The van der Waals surface area contributed by atoms with Gasteiger partial charge in [-0.1, -0.05) is 60.1 Å². The van der Waals surface area contributed by atoms with Gasteiger partial charge in [-0.2, -0.15) is 0 Å². The van der Waals surface area contributed by atoms with Crippen LogP contribution in [0.3, 0.4) is 0 Å². The van der Waals surface area contributed by atoms with Crippen LogP contribution in [0.5, 0.6) is 17.2 Å². The molecule has 0 atom stereocenters. The summed E-state index contributed by atoms with van der Waals surface area (Å²) in [5.41, 5.74) is 1.24. The Morgan fingerprint density at radius 3 is 2.25 bits per heavy atom. The topological polar surface area (TPSA) is 49.7 Å². The van der Waals surface area contributed by atoms with Crippen molar-refractivity contribution in [2.75, 3.05) is 6.61 Å². The van der Waals surface area contributed by atoms with Gasteiger partial charge >= 0.3 is 0 Å². The fourth-order valence-corrected chi connectivity index (χ4v) is 2.88. The molecule has 0 unspecified atom stereocenters. The summed E-state index contributed by atoms with van der Waals surface area (Å²) >= 11 is 6.25. The van der Waals surface area contributed by atoms with Gasteiger partial charge in [-0.05, 0) is 19.1 Å². The molecule has 0 aliphatic carbocycles. The van der Waals surface area contributed by atoms with Crippen molar-refractivity contribution >= 4 is 34.5 Å². The predicted octanol–water partition coefficient (Wildman–Crippen LogP) is 5.47. The largest absolute Gasteiger partial charge is 0.507 e. The third-order valence-corrected chi connectivity index (χ3v) is 4.17. The highest BCUT2D eigenvalue weighted by atomic mass is 35.5. The van der Waals surface area contributed by atoms with Crippen LogP contribution in [0.2, 0.25) is 5.02 Å². The van der Waals surface area contributed by atoms with Crippen LogP contribution in [0, 0.1) is 0 Å². The van der Waals surface area contributed by atoms with Crippen molar-refractivity contribution in [3.05, 3.63) is 64.7 Å². The van der Waals surface area contributed by atoms with Crippen LogP contribution >= 0.6 is 11.6 Å². The Bertz CT molecular complexity index is 916. The molecule has 0 aliphatic rings. The van der Waals surface area contributed by atoms with Gasteiger partial charge in [0.05, 0.1) is 11.6 Å². The third kappa shape index (κ3) is 2.91. The Morgan fingerprint density at radius 2 is 1.54 bits per heavy atom. The summed E-state index contributed by atoms with van der Waals surface area (Å²) in [6.07, 6.45) is 3.49. The minimum Gasteiger partial charge on any atom is -0.507 e. The molecule has 0 aliphatic heterocycles. The second-order valence-corrected chi connectivity index (χ2v) is 5.65. The van der Waals surface area contributed by atoms with E-state index in [-0.39, 0.29) is 16.5 Å². The van der Waals surface area contributed by atoms with E-state index in [0.29, 0.717) is 22.9 Å². The summed E-state index contributed by atoms with van der Waals surface area (Å²) in [4.78, 5) is 0. The van der Waals surface area contributed by atoms with E-state index < -0.39 is 0 Å². The van der Waals surface area contributed by atoms with Crippen molar-refractivity contribution in [1.82, 2.24) is 0 Å². The maximum absolute atomic E-state index is 10.5. The van der Waals surface area contributed by atoms with E-state index >= 15 is 0 Å². The molecule has 0 saturated carbocycles. The minimum atomic E-state index is -0.0391. The monoisotopic (exact) mass is 340 g/mol. The lowest BCUT2D eigenvalue weighted by molar-refractivity contribution is 0.339. The number of fused-ring (bicyclic) bond motifs is 1. The van der Waals surface area contributed by atoms with Gasteiger partial charge in [0.15, 0.2) is 0 Å². The zero-order valence-electron chi connectivity index (χ0n) is 13.2. The van der Waals surface area contributed by atoms with Crippen molar-refractivity contribution in [1.29, 1.82) is 0 Å². The Labute approximate surface area is 145 Å². The second kappa shape index (κ2) is 6.85. The summed E-state index contributed by atoms with van der Waals surface area (Å²) in [7, 11) is 0. The van der Waals surface area contributed by atoms with E-state index in [1.807, 2.05) is 31.2 Å². The van der Waals surface area contributed by atoms with Gasteiger partial charge in [-0.25, -0.2) is 0 Å². The van der Waals surface area contributed by atoms with Crippen LogP contribution in [0.25, 0.3) is 22.9 Å². The molecule has 0 spiro atoms. The van der Waals surface area contributed by atoms with E-state index in [1.165, 1.54) is 0 Å². The van der Waals surface area contributed by atoms with Crippen LogP contribution in [-0.2, 0) is 0 Å². The molecular weight excluding hydrogens is 324 g/mol. The zero-order chi connectivity index (χ0) is 17.1. The molecule has 0 radical (unpaired) electrons. The summed E-state index contributed by atoms with van der Waals surface area (Å²) < 4.78 is 5.58. The molecule has 0 aromatic heterocycles. The van der Waals surface area contributed by atoms with Gasteiger partial charge in [0, 0.05) is 21.9 Å². The average molecular weight is 341 g/mol. The highest BCUT2D eigenvalue weighted by Gasteiger charge is 2.15. The second-order valence-electron chi connectivity index (χ2n) is 5.27. The molecule has 3 aromatic carbocycles. The number of phenols is 2.